The molecule has 1 saturated heterocycles. The minimum atomic E-state index is -2.91. The molecule has 0 bridgehead atoms. The van der Waals surface area contributed by atoms with Gasteiger partial charge in [0.15, 0.2) is 9.84 Å². The molecule has 2 atom stereocenters. The number of hydrogen-bond donors (Lipinski definition) is 1. The van der Waals surface area contributed by atoms with Crippen molar-refractivity contribution in [1.82, 2.24) is 5.32 Å². The van der Waals surface area contributed by atoms with E-state index in [2.05, 4.69) is 25.2 Å². The van der Waals surface area contributed by atoms with Crippen LogP contribution >= 0.6 is 11.6 Å². The summed E-state index contributed by atoms with van der Waals surface area (Å²) in [5.74, 6) is 0.508. The highest BCUT2D eigenvalue weighted by Gasteiger charge is 2.46. The van der Waals surface area contributed by atoms with Crippen LogP contribution in [0, 0.1) is 5.41 Å². The Kier molecular flexibility index (Phi) is 3.43. The number of benzene rings is 1. The first-order valence-corrected chi connectivity index (χ1v) is 9.57. The van der Waals surface area contributed by atoms with Gasteiger partial charge in [-0.15, -0.1) is 0 Å². The fourth-order valence-corrected chi connectivity index (χ4v) is 6.04. The number of rotatable bonds is 2. The van der Waals surface area contributed by atoms with Crippen molar-refractivity contribution in [1.29, 1.82) is 0 Å². The molecule has 0 saturated carbocycles. The minimum Gasteiger partial charge on any atom is -0.303 e. The van der Waals surface area contributed by atoms with Gasteiger partial charge in [0.1, 0.15) is 0 Å². The largest absolute Gasteiger partial charge is 0.303 e. The molecular formula is C16H22ClNO2S. The number of nitrogens with one attached hydrogen (secondary N) is 1. The Morgan fingerprint density at radius 2 is 2.00 bits per heavy atom. The van der Waals surface area contributed by atoms with Crippen molar-refractivity contribution in [2.24, 2.45) is 5.41 Å². The van der Waals surface area contributed by atoms with Crippen molar-refractivity contribution in [3.8, 4) is 0 Å². The van der Waals surface area contributed by atoms with E-state index in [0.29, 0.717) is 6.42 Å². The topological polar surface area (TPSA) is 46.2 Å². The van der Waals surface area contributed by atoms with E-state index >= 15 is 0 Å². The van der Waals surface area contributed by atoms with Crippen LogP contribution in [0.3, 0.4) is 0 Å². The smallest absolute Gasteiger partial charge is 0.152 e. The summed E-state index contributed by atoms with van der Waals surface area (Å²) >= 11 is 6.15. The lowest BCUT2D eigenvalue weighted by atomic mass is 9.83. The molecule has 3 nitrogen and oxygen atoms in total. The predicted molar refractivity (Wildman–Crippen MR) is 86.5 cm³/mol. The highest BCUT2D eigenvalue weighted by Crippen LogP contribution is 2.47. The summed E-state index contributed by atoms with van der Waals surface area (Å²) in [4.78, 5) is 0. The summed E-state index contributed by atoms with van der Waals surface area (Å²) in [5, 5.41) is 4.38. The van der Waals surface area contributed by atoms with Gasteiger partial charge >= 0.3 is 0 Å². The van der Waals surface area contributed by atoms with Gasteiger partial charge in [0, 0.05) is 16.6 Å². The van der Waals surface area contributed by atoms with Gasteiger partial charge in [-0.05, 0) is 48.4 Å². The van der Waals surface area contributed by atoms with E-state index in [9.17, 15) is 8.42 Å². The summed E-state index contributed by atoms with van der Waals surface area (Å²) in [5.41, 5.74) is 2.25. The normalized spacial score (nSPS) is 33.0. The maximum absolute atomic E-state index is 11.8. The average Bonchev–Trinajstić information content (AvgIpc) is 2.75. The van der Waals surface area contributed by atoms with Crippen LogP contribution in [0.25, 0.3) is 0 Å². The van der Waals surface area contributed by atoms with Crippen molar-refractivity contribution in [2.45, 2.75) is 45.2 Å². The second-order valence-corrected chi connectivity index (χ2v) is 10.1. The number of fused-ring (bicyclic) bond motifs is 1. The first kappa shape index (κ1) is 15.3. The Labute approximate surface area is 132 Å². The number of halogens is 1. The Morgan fingerprint density at radius 3 is 2.62 bits per heavy atom. The van der Waals surface area contributed by atoms with E-state index in [1.807, 2.05) is 19.1 Å². The second kappa shape index (κ2) is 4.71. The molecule has 1 aromatic rings. The van der Waals surface area contributed by atoms with E-state index in [-0.39, 0.29) is 28.5 Å². The minimum absolute atomic E-state index is 0.0579. The highest BCUT2D eigenvalue weighted by molar-refractivity contribution is 7.91. The zero-order chi connectivity index (χ0) is 15.5. The summed E-state index contributed by atoms with van der Waals surface area (Å²) in [7, 11) is -2.91. The molecule has 2 aliphatic rings. The first-order valence-electron chi connectivity index (χ1n) is 7.37. The van der Waals surface area contributed by atoms with Crippen LogP contribution < -0.4 is 5.32 Å². The molecule has 1 N–H and O–H groups in total. The highest BCUT2D eigenvalue weighted by atomic mass is 35.5. The SMILES string of the molecule is CC1(NC2c3cc(Cl)ccc3CC2(C)C)CCS(=O)(=O)C1. The lowest BCUT2D eigenvalue weighted by Gasteiger charge is -2.36. The van der Waals surface area contributed by atoms with Crippen molar-refractivity contribution < 1.29 is 8.42 Å². The Hall–Kier alpha value is -0.580. The molecule has 5 heteroatoms. The van der Waals surface area contributed by atoms with Crippen LogP contribution in [-0.2, 0) is 16.3 Å². The predicted octanol–water partition coefficient (Wildman–Crippen LogP) is 3.13. The van der Waals surface area contributed by atoms with Crippen molar-refractivity contribution in [3.63, 3.8) is 0 Å². The molecule has 0 amide bonds. The van der Waals surface area contributed by atoms with E-state index in [1.54, 1.807) is 0 Å². The van der Waals surface area contributed by atoms with Crippen LogP contribution in [-0.4, -0.2) is 25.5 Å². The lowest BCUT2D eigenvalue weighted by molar-refractivity contribution is 0.215. The summed E-state index contributed by atoms with van der Waals surface area (Å²) < 4.78 is 23.6. The molecule has 116 valence electrons. The Balaban J connectivity index is 1.93. The molecule has 21 heavy (non-hydrogen) atoms. The first-order chi connectivity index (χ1) is 9.60. The van der Waals surface area contributed by atoms with Gasteiger partial charge in [0.25, 0.3) is 0 Å². The third-order valence-electron chi connectivity index (χ3n) is 4.84. The summed E-state index contributed by atoms with van der Waals surface area (Å²) in [6.07, 6.45) is 1.66. The third kappa shape index (κ3) is 2.86. The Morgan fingerprint density at radius 1 is 1.29 bits per heavy atom. The van der Waals surface area contributed by atoms with Gasteiger partial charge in [0.2, 0.25) is 0 Å². The van der Waals surface area contributed by atoms with Crippen LogP contribution in [0.15, 0.2) is 18.2 Å². The van der Waals surface area contributed by atoms with Gasteiger partial charge in [-0.1, -0.05) is 31.5 Å². The standard InChI is InChI=1S/C16H22ClNO2S/c1-15(2)9-11-4-5-12(17)8-13(11)14(15)18-16(3)6-7-21(19,20)10-16/h4-5,8,14,18H,6-7,9-10H2,1-3H3. The quantitative estimate of drug-likeness (QED) is 0.907. The number of hydrogen-bond acceptors (Lipinski definition) is 3. The van der Waals surface area contributed by atoms with Crippen LogP contribution in [0.2, 0.25) is 5.02 Å². The monoisotopic (exact) mass is 327 g/mol. The van der Waals surface area contributed by atoms with Gasteiger partial charge in [-0.2, -0.15) is 0 Å². The fourth-order valence-electron chi connectivity index (χ4n) is 3.76. The molecule has 1 aromatic carbocycles. The number of sulfone groups is 1. The fraction of sp³-hybridized carbons (Fsp3) is 0.625. The zero-order valence-electron chi connectivity index (χ0n) is 12.7. The van der Waals surface area contributed by atoms with Gasteiger partial charge < -0.3 is 5.32 Å². The van der Waals surface area contributed by atoms with E-state index < -0.39 is 9.84 Å². The van der Waals surface area contributed by atoms with E-state index in [4.69, 9.17) is 11.6 Å². The van der Waals surface area contributed by atoms with Gasteiger partial charge in [0.05, 0.1) is 11.5 Å². The van der Waals surface area contributed by atoms with Crippen LogP contribution in [0.4, 0.5) is 0 Å². The molecule has 0 spiro atoms. The molecule has 1 aliphatic carbocycles. The van der Waals surface area contributed by atoms with E-state index in [0.717, 1.165) is 11.4 Å². The second-order valence-electron chi connectivity index (χ2n) is 7.49. The molecule has 1 aliphatic heterocycles. The zero-order valence-corrected chi connectivity index (χ0v) is 14.3. The molecule has 1 fully saturated rings. The molecule has 0 radical (unpaired) electrons. The van der Waals surface area contributed by atoms with Crippen molar-refractivity contribution in [2.75, 3.05) is 11.5 Å². The maximum Gasteiger partial charge on any atom is 0.152 e. The Bertz CT molecular complexity index is 684. The third-order valence-corrected chi connectivity index (χ3v) is 6.98. The van der Waals surface area contributed by atoms with Gasteiger partial charge in [-0.3, -0.25) is 0 Å². The van der Waals surface area contributed by atoms with Crippen molar-refractivity contribution in [3.05, 3.63) is 34.3 Å². The van der Waals surface area contributed by atoms with Crippen molar-refractivity contribution >= 4 is 21.4 Å². The maximum atomic E-state index is 11.8. The summed E-state index contributed by atoms with van der Waals surface area (Å²) in [6.45, 7) is 6.48. The van der Waals surface area contributed by atoms with Crippen LogP contribution in [0.1, 0.15) is 44.4 Å². The molecule has 3 rings (SSSR count). The summed E-state index contributed by atoms with van der Waals surface area (Å²) in [6, 6.07) is 6.19. The lowest BCUT2D eigenvalue weighted by Crippen LogP contribution is -2.48. The average molecular weight is 328 g/mol. The molecule has 1 heterocycles. The molecule has 2 unspecified atom stereocenters. The van der Waals surface area contributed by atoms with Gasteiger partial charge in [-0.25, -0.2) is 8.42 Å². The van der Waals surface area contributed by atoms with E-state index in [1.165, 1.54) is 11.1 Å². The molecule has 0 aromatic heterocycles. The molecular weight excluding hydrogens is 306 g/mol. The van der Waals surface area contributed by atoms with Crippen LogP contribution in [0.5, 0.6) is 0 Å².